The van der Waals surface area contributed by atoms with Crippen LogP contribution in [0.15, 0.2) is 36.1 Å². The molecule has 3 heteroatoms. The van der Waals surface area contributed by atoms with Crippen molar-refractivity contribution in [3.63, 3.8) is 0 Å². The van der Waals surface area contributed by atoms with Crippen molar-refractivity contribution >= 4 is 19.8 Å². The summed E-state index contributed by atoms with van der Waals surface area (Å²) in [5.74, 6) is 1.80. The van der Waals surface area contributed by atoms with Crippen molar-refractivity contribution in [2.45, 2.75) is 6.92 Å². The summed E-state index contributed by atoms with van der Waals surface area (Å²) in [5.41, 5.74) is 1.09. The fourth-order valence-electron chi connectivity index (χ4n) is 0.637. The standard InChI is InChI=1S/C9H15OPS/c1-4-9(10-3)6-5-8(2)7-12-11/h4-6H,2,7,11H2,1,3H3/b6-5-,9-4+. The first-order valence-corrected chi connectivity index (χ1v) is 6.08. The summed E-state index contributed by atoms with van der Waals surface area (Å²) in [6.07, 6.45) is 5.80. The van der Waals surface area contributed by atoms with Gasteiger partial charge in [-0.05, 0) is 24.6 Å². The van der Waals surface area contributed by atoms with Crippen LogP contribution in [0.3, 0.4) is 0 Å². The summed E-state index contributed by atoms with van der Waals surface area (Å²) in [4.78, 5) is 0. The smallest absolute Gasteiger partial charge is 0.114 e. The lowest BCUT2D eigenvalue weighted by atomic mass is 10.3. The molecule has 0 aliphatic heterocycles. The van der Waals surface area contributed by atoms with Gasteiger partial charge in [-0.1, -0.05) is 21.1 Å². The van der Waals surface area contributed by atoms with Crippen molar-refractivity contribution in [3.05, 3.63) is 36.1 Å². The minimum absolute atomic E-state index is 0.866. The molecule has 0 bridgehead atoms. The first kappa shape index (κ1) is 11.8. The third-order valence-corrected chi connectivity index (χ3v) is 2.31. The van der Waals surface area contributed by atoms with E-state index in [4.69, 9.17) is 4.74 Å². The Bertz CT molecular complexity index is 197. The lowest BCUT2D eigenvalue weighted by Crippen LogP contribution is -1.82. The molecular formula is C9H15OPS. The van der Waals surface area contributed by atoms with Crippen LogP contribution in [0.4, 0.5) is 0 Å². The van der Waals surface area contributed by atoms with Gasteiger partial charge < -0.3 is 4.74 Å². The number of allylic oxidation sites excluding steroid dienone is 3. The van der Waals surface area contributed by atoms with Crippen LogP contribution in [0, 0.1) is 0 Å². The second-order valence-corrected chi connectivity index (χ2v) is 3.82. The minimum atomic E-state index is 0.866. The summed E-state index contributed by atoms with van der Waals surface area (Å²) < 4.78 is 5.05. The number of hydrogen-bond acceptors (Lipinski definition) is 2. The van der Waals surface area contributed by atoms with Crippen LogP contribution in [0.5, 0.6) is 0 Å². The zero-order valence-electron chi connectivity index (χ0n) is 7.54. The molecule has 0 rings (SSSR count). The zero-order valence-corrected chi connectivity index (χ0v) is 9.51. The number of methoxy groups -OCH3 is 1. The Morgan fingerprint density at radius 2 is 2.25 bits per heavy atom. The monoisotopic (exact) mass is 202 g/mol. The summed E-state index contributed by atoms with van der Waals surface area (Å²) >= 11 is 1.68. The van der Waals surface area contributed by atoms with Crippen LogP contribution in [-0.2, 0) is 4.74 Å². The van der Waals surface area contributed by atoms with Crippen LogP contribution in [-0.4, -0.2) is 12.9 Å². The van der Waals surface area contributed by atoms with Crippen molar-refractivity contribution < 1.29 is 4.74 Å². The van der Waals surface area contributed by atoms with Crippen molar-refractivity contribution in [1.82, 2.24) is 0 Å². The van der Waals surface area contributed by atoms with E-state index in [2.05, 4.69) is 15.0 Å². The van der Waals surface area contributed by atoms with Crippen LogP contribution in [0.25, 0.3) is 0 Å². The van der Waals surface area contributed by atoms with Crippen molar-refractivity contribution in [3.8, 4) is 0 Å². The summed E-state index contributed by atoms with van der Waals surface area (Å²) in [6.45, 7) is 5.82. The maximum atomic E-state index is 5.05. The Balaban J connectivity index is 3.96. The van der Waals surface area contributed by atoms with Gasteiger partial charge >= 0.3 is 0 Å². The molecule has 0 saturated heterocycles. The average molecular weight is 202 g/mol. The van der Waals surface area contributed by atoms with Crippen LogP contribution in [0.1, 0.15) is 6.92 Å². The van der Waals surface area contributed by atoms with Gasteiger partial charge in [-0.15, -0.1) is 11.4 Å². The van der Waals surface area contributed by atoms with Gasteiger partial charge in [-0.25, -0.2) is 0 Å². The first-order chi connectivity index (χ1) is 5.74. The summed E-state index contributed by atoms with van der Waals surface area (Å²) in [7, 11) is 4.26. The number of ether oxygens (including phenoxy) is 1. The average Bonchev–Trinajstić information content (AvgIpc) is 2.07. The Morgan fingerprint density at radius 3 is 2.67 bits per heavy atom. The Hall–Kier alpha value is -0.200. The Morgan fingerprint density at radius 1 is 1.58 bits per heavy atom. The first-order valence-electron chi connectivity index (χ1n) is 3.62. The lowest BCUT2D eigenvalue weighted by Gasteiger charge is -1.98. The molecule has 12 heavy (non-hydrogen) atoms. The van der Waals surface area contributed by atoms with E-state index < -0.39 is 0 Å². The molecule has 1 atom stereocenters. The summed E-state index contributed by atoms with van der Waals surface area (Å²) in [6, 6.07) is 0. The molecule has 68 valence electrons. The van der Waals surface area contributed by atoms with Gasteiger partial charge in [0.15, 0.2) is 0 Å². The molecule has 0 aromatic rings. The highest BCUT2D eigenvalue weighted by atomic mass is 32.7. The molecule has 0 radical (unpaired) electrons. The largest absolute Gasteiger partial charge is 0.497 e. The molecular weight excluding hydrogens is 187 g/mol. The van der Waals surface area contributed by atoms with Gasteiger partial charge in [0.05, 0.1) is 7.11 Å². The molecule has 0 aliphatic rings. The normalized spacial score (nSPS) is 12.1. The number of rotatable bonds is 5. The third kappa shape index (κ3) is 5.45. The quantitative estimate of drug-likeness (QED) is 0.385. The molecule has 1 unspecified atom stereocenters. The number of hydrogen-bond donors (Lipinski definition) is 0. The van der Waals surface area contributed by atoms with Crippen LogP contribution in [0.2, 0.25) is 0 Å². The van der Waals surface area contributed by atoms with Gasteiger partial charge in [-0.2, -0.15) is 0 Å². The van der Waals surface area contributed by atoms with E-state index in [0.29, 0.717) is 0 Å². The van der Waals surface area contributed by atoms with Crippen molar-refractivity contribution in [1.29, 1.82) is 0 Å². The second-order valence-electron chi connectivity index (χ2n) is 2.20. The third-order valence-electron chi connectivity index (χ3n) is 1.27. The molecule has 0 amide bonds. The predicted octanol–water partition coefficient (Wildman–Crippen LogP) is 3.17. The van der Waals surface area contributed by atoms with Crippen LogP contribution < -0.4 is 0 Å². The molecule has 0 aliphatic carbocycles. The Labute approximate surface area is 80.9 Å². The van der Waals surface area contributed by atoms with Gasteiger partial charge in [0.1, 0.15) is 5.76 Å². The van der Waals surface area contributed by atoms with E-state index >= 15 is 0 Å². The van der Waals surface area contributed by atoms with E-state index in [1.807, 2.05) is 25.2 Å². The SMILES string of the molecule is C=C(/C=C\C(=C/C)OC)CSP. The van der Waals surface area contributed by atoms with E-state index in [0.717, 1.165) is 17.1 Å². The lowest BCUT2D eigenvalue weighted by molar-refractivity contribution is 0.306. The van der Waals surface area contributed by atoms with Crippen molar-refractivity contribution in [2.24, 2.45) is 0 Å². The molecule has 0 N–H and O–H groups in total. The fraction of sp³-hybridized carbons (Fsp3) is 0.333. The molecule has 0 aromatic carbocycles. The zero-order chi connectivity index (χ0) is 9.40. The second kappa shape index (κ2) is 7.45. The van der Waals surface area contributed by atoms with E-state index in [1.54, 1.807) is 18.5 Å². The van der Waals surface area contributed by atoms with E-state index in [1.165, 1.54) is 0 Å². The molecule has 1 nitrogen and oxygen atoms in total. The molecule has 0 aromatic heterocycles. The minimum Gasteiger partial charge on any atom is -0.497 e. The van der Waals surface area contributed by atoms with Gasteiger partial charge in [-0.3, -0.25) is 0 Å². The maximum absolute atomic E-state index is 5.05. The van der Waals surface area contributed by atoms with Gasteiger partial charge in [0.2, 0.25) is 0 Å². The highest BCUT2D eigenvalue weighted by molar-refractivity contribution is 8.43. The van der Waals surface area contributed by atoms with Crippen LogP contribution >= 0.6 is 19.8 Å². The highest BCUT2D eigenvalue weighted by Crippen LogP contribution is 2.14. The van der Waals surface area contributed by atoms with E-state index in [-0.39, 0.29) is 0 Å². The van der Waals surface area contributed by atoms with Crippen molar-refractivity contribution in [2.75, 3.05) is 12.9 Å². The molecule has 0 spiro atoms. The van der Waals surface area contributed by atoms with Gasteiger partial charge in [0, 0.05) is 5.75 Å². The predicted molar refractivity (Wildman–Crippen MR) is 61.2 cm³/mol. The summed E-state index contributed by atoms with van der Waals surface area (Å²) in [5, 5.41) is 0. The highest BCUT2D eigenvalue weighted by Gasteiger charge is 1.88. The molecule has 0 heterocycles. The topological polar surface area (TPSA) is 9.23 Å². The Kier molecular flexibility index (Phi) is 7.33. The van der Waals surface area contributed by atoms with Gasteiger partial charge in [0.25, 0.3) is 0 Å². The molecule has 0 saturated carbocycles. The van der Waals surface area contributed by atoms with E-state index in [9.17, 15) is 0 Å². The fourth-order valence-corrected chi connectivity index (χ4v) is 1.59. The molecule has 0 fully saturated rings. The maximum Gasteiger partial charge on any atom is 0.114 e.